The summed E-state index contributed by atoms with van der Waals surface area (Å²) in [6, 6.07) is 3.63. The first-order valence-electron chi connectivity index (χ1n) is 10.4. The van der Waals surface area contributed by atoms with Gasteiger partial charge in [-0.25, -0.2) is 4.79 Å². The molecule has 1 aliphatic heterocycles. The average Bonchev–Trinajstić information content (AvgIpc) is 2.69. The van der Waals surface area contributed by atoms with E-state index in [4.69, 9.17) is 18.6 Å². The first-order valence-corrected chi connectivity index (χ1v) is 13.3. The highest BCUT2D eigenvalue weighted by molar-refractivity contribution is 6.74. The van der Waals surface area contributed by atoms with Crippen LogP contribution in [0.4, 0.5) is 4.79 Å². The van der Waals surface area contributed by atoms with Crippen LogP contribution in [0.1, 0.15) is 44.4 Å². The molecule has 0 aromatic heterocycles. The quantitative estimate of drug-likeness (QED) is 0.428. The number of hydrogen-bond donors (Lipinski definition) is 0. The lowest BCUT2D eigenvalue weighted by Crippen LogP contribution is -2.52. The number of carbonyl (C=O) groups excluding carboxylic acids is 1. The molecule has 2 atom stereocenters. The molecule has 0 fully saturated rings. The fourth-order valence-electron chi connectivity index (χ4n) is 3.62. The van der Waals surface area contributed by atoms with E-state index in [2.05, 4.69) is 40.4 Å². The van der Waals surface area contributed by atoms with Crippen molar-refractivity contribution >= 4 is 14.4 Å². The lowest BCUT2D eigenvalue weighted by Gasteiger charge is -2.44. The molecule has 0 radical (unpaired) electrons. The van der Waals surface area contributed by atoms with Crippen LogP contribution in [0.25, 0.3) is 0 Å². The number of nitrogens with zero attached hydrogens (tertiary/aromatic N) is 1. The molecular formula is C23H37NO5Si. The van der Waals surface area contributed by atoms with E-state index < -0.39 is 8.32 Å². The lowest BCUT2D eigenvalue weighted by molar-refractivity contribution is 0.0547. The second-order valence-corrected chi connectivity index (χ2v) is 14.1. The topological polar surface area (TPSA) is 57.2 Å². The predicted octanol–water partition coefficient (Wildman–Crippen LogP) is 5.34. The van der Waals surface area contributed by atoms with Gasteiger partial charge in [0.2, 0.25) is 0 Å². The van der Waals surface area contributed by atoms with Crippen molar-refractivity contribution in [3.63, 3.8) is 0 Å². The maximum absolute atomic E-state index is 12.8. The molecule has 0 unspecified atom stereocenters. The van der Waals surface area contributed by atoms with Gasteiger partial charge in [0.25, 0.3) is 0 Å². The van der Waals surface area contributed by atoms with Crippen molar-refractivity contribution in [2.75, 3.05) is 27.9 Å². The number of benzene rings is 1. The Morgan fingerprint density at radius 2 is 1.80 bits per heavy atom. The van der Waals surface area contributed by atoms with Crippen molar-refractivity contribution in [3.8, 4) is 11.5 Å². The van der Waals surface area contributed by atoms with Crippen molar-refractivity contribution in [2.24, 2.45) is 0 Å². The Bertz CT molecular complexity index is 772. The van der Waals surface area contributed by atoms with Gasteiger partial charge in [0.1, 0.15) is 0 Å². The van der Waals surface area contributed by atoms with Crippen LogP contribution in [-0.2, 0) is 15.6 Å². The largest absolute Gasteiger partial charge is 0.493 e. The Morgan fingerprint density at radius 3 is 2.30 bits per heavy atom. The van der Waals surface area contributed by atoms with Crippen LogP contribution >= 0.6 is 0 Å². The first-order chi connectivity index (χ1) is 14.0. The third-order valence-corrected chi connectivity index (χ3v) is 10.9. The molecule has 0 N–H and O–H groups in total. The van der Waals surface area contributed by atoms with Gasteiger partial charge in [0, 0.05) is 0 Å². The number of rotatable bonds is 7. The predicted molar refractivity (Wildman–Crippen MR) is 122 cm³/mol. The molecule has 30 heavy (non-hydrogen) atoms. The number of carbonyl (C=O) groups is 1. The molecule has 0 bridgehead atoms. The Kier molecular flexibility index (Phi) is 7.63. The summed E-state index contributed by atoms with van der Waals surface area (Å²) >= 11 is 0. The van der Waals surface area contributed by atoms with Gasteiger partial charge in [-0.2, -0.15) is 0 Å². The molecule has 2 rings (SSSR count). The molecule has 1 aliphatic rings. The second-order valence-electron chi connectivity index (χ2n) is 9.25. The van der Waals surface area contributed by atoms with E-state index in [0.29, 0.717) is 30.9 Å². The van der Waals surface area contributed by atoms with Gasteiger partial charge in [-0.05, 0) is 54.2 Å². The summed E-state index contributed by atoms with van der Waals surface area (Å²) in [6.45, 7) is 15.5. The van der Waals surface area contributed by atoms with Crippen molar-refractivity contribution in [1.82, 2.24) is 4.90 Å². The fraction of sp³-hybridized carbons (Fsp3) is 0.609. The van der Waals surface area contributed by atoms with Crippen LogP contribution in [0.15, 0.2) is 24.8 Å². The summed E-state index contributed by atoms with van der Waals surface area (Å²) in [6.07, 6.45) is 2.74. The zero-order valence-electron chi connectivity index (χ0n) is 19.7. The minimum absolute atomic E-state index is 0.0901. The number of amides is 1. The molecule has 1 aromatic rings. The van der Waals surface area contributed by atoms with Crippen LogP contribution in [0.2, 0.25) is 18.1 Å². The molecule has 7 heteroatoms. The van der Waals surface area contributed by atoms with Crippen LogP contribution in [0.3, 0.4) is 0 Å². The van der Waals surface area contributed by atoms with Gasteiger partial charge in [0.15, 0.2) is 19.8 Å². The van der Waals surface area contributed by atoms with E-state index in [1.54, 1.807) is 14.2 Å². The summed E-state index contributed by atoms with van der Waals surface area (Å²) in [5, 5.41) is 0.0901. The highest BCUT2D eigenvalue weighted by Gasteiger charge is 2.42. The third kappa shape index (κ3) is 4.83. The van der Waals surface area contributed by atoms with Crippen molar-refractivity contribution in [2.45, 2.75) is 63.8 Å². The van der Waals surface area contributed by atoms with E-state index in [1.807, 2.05) is 23.1 Å². The van der Waals surface area contributed by atoms with Gasteiger partial charge in [-0.1, -0.05) is 26.8 Å². The lowest BCUT2D eigenvalue weighted by atomic mass is 9.86. The number of fused-ring (bicyclic) bond motifs is 1. The Hall–Kier alpha value is -1.99. The molecule has 0 aliphatic carbocycles. The summed E-state index contributed by atoms with van der Waals surface area (Å²) in [5.74, 6) is 1.33. The number of hydrogen-bond acceptors (Lipinski definition) is 5. The van der Waals surface area contributed by atoms with E-state index in [-0.39, 0.29) is 23.2 Å². The van der Waals surface area contributed by atoms with Gasteiger partial charge in [-0.3, -0.25) is 4.90 Å². The van der Waals surface area contributed by atoms with Crippen LogP contribution in [-0.4, -0.2) is 53.3 Å². The van der Waals surface area contributed by atoms with E-state index in [0.717, 1.165) is 11.1 Å². The van der Waals surface area contributed by atoms with Gasteiger partial charge >= 0.3 is 6.09 Å². The number of methoxy groups -OCH3 is 3. The molecule has 0 spiro atoms. The van der Waals surface area contributed by atoms with Crippen LogP contribution in [0.5, 0.6) is 11.5 Å². The second kappa shape index (κ2) is 9.43. The molecular weight excluding hydrogens is 398 g/mol. The smallest absolute Gasteiger partial charge is 0.410 e. The van der Waals surface area contributed by atoms with E-state index in [1.165, 1.54) is 7.11 Å². The van der Waals surface area contributed by atoms with Crippen LogP contribution < -0.4 is 9.47 Å². The fourth-order valence-corrected chi connectivity index (χ4v) is 4.66. The normalized spacial score (nSPS) is 19.1. The highest BCUT2D eigenvalue weighted by Crippen LogP contribution is 2.43. The average molecular weight is 436 g/mol. The summed E-state index contributed by atoms with van der Waals surface area (Å²) < 4.78 is 22.7. The summed E-state index contributed by atoms with van der Waals surface area (Å²) in [4.78, 5) is 14.6. The Morgan fingerprint density at radius 1 is 1.20 bits per heavy atom. The first kappa shape index (κ1) is 24.3. The van der Waals surface area contributed by atoms with E-state index in [9.17, 15) is 4.79 Å². The van der Waals surface area contributed by atoms with Crippen molar-refractivity contribution < 1.29 is 23.4 Å². The highest BCUT2D eigenvalue weighted by atomic mass is 28.4. The molecule has 6 nitrogen and oxygen atoms in total. The Balaban J connectivity index is 2.49. The van der Waals surface area contributed by atoms with Gasteiger partial charge < -0.3 is 18.6 Å². The molecule has 1 amide bonds. The van der Waals surface area contributed by atoms with Crippen molar-refractivity contribution in [3.05, 3.63) is 35.9 Å². The van der Waals surface area contributed by atoms with E-state index >= 15 is 0 Å². The molecule has 0 saturated carbocycles. The van der Waals surface area contributed by atoms with Gasteiger partial charge in [0.05, 0.1) is 40.0 Å². The zero-order valence-corrected chi connectivity index (χ0v) is 20.7. The molecule has 1 heterocycles. The Labute approximate surface area is 182 Å². The zero-order chi connectivity index (χ0) is 22.7. The molecule has 168 valence electrons. The third-order valence-electron chi connectivity index (χ3n) is 6.41. The van der Waals surface area contributed by atoms with Crippen molar-refractivity contribution in [1.29, 1.82) is 0 Å². The maximum Gasteiger partial charge on any atom is 0.410 e. The van der Waals surface area contributed by atoms with Crippen LogP contribution in [0, 0.1) is 0 Å². The SMILES string of the molecule is C=CC[C@@H]1c2cc(OC)c(OC)cc2C[C@@H](CO[Si](C)(C)C(C)(C)C)N1C(=O)OC. The number of ether oxygens (including phenoxy) is 3. The molecule has 1 aromatic carbocycles. The monoisotopic (exact) mass is 435 g/mol. The molecule has 0 saturated heterocycles. The van der Waals surface area contributed by atoms with Gasteiger partial charge in [-0.15, -0.1) is 6.58 Å². The summed E-state index contributed by atoms with van der Waals surface area (Å²) in [7, 11) is 2.69. The maximum atomic E-state index is 12.8. The standard InChI is InChI=1S/C23H37NO5Si/c1-10-11-19-18-14-21(27-6)20(26-5)13-16(18)12-17(24(19)22(25)28-7)15-29-30(8,9)23(2,3)4/h10,13-14,17,19H,1,11-12,15H2,2-9H3/t17-,19+/m0/s1. The summed E-state index contributed by atoms with van der Waals surface area (Å²) in [5.41, 5.74) is 2.16. The minimum Gasteiger partial charge on any atom is -0.493 e. The minimum atomic E-state index is -1.97.